The quantitative estimate of drug-likeness (QED) is 0.742. The van der Waals surface area contributed by atoms with E-state index in [1.54, 1.807) is 36.4 Å². The number of halogens is 1. The number of nitrogen functional groups attached to an aromatic ring is 1. The summed E-state index contributed by atoms with van der Waals surface area (Å²) in [5, 5.41) is 2.83. The summed E-state index contributed by atoms with van der Waals surface area (Å²) >= 11 is 3.39. The van der Waals surface area contributed by atoms with E-state index < -0.39 is 0 Å². The average Bonchev–Trinajstić information content (AvgIpc) is 2.55. The summed E-state index contributed by atoms with van der Waals surface area (Å²) in [6, 6.07) is 10.4. The molecule has 0 saturated carbocycles. The smallest absolute Gasteiger partial charge is 0.255 e. The maximum Gasteiger partial charge on any atom is 0.255 e. The minimum atomic E-state index is -0.240. The second-order valence-corrected chi connectivity index (χ2v) is 5.76. The Morgan fingerprint density at radius 3 is 2.57 bits per heavy atom. The van der Waals surface area contributed by atoms with Gasteiger partial charge in [-0.15, -0.1) is 0 Å². The predicted molar refractivity (Wildman–Crippen MR) is 95.3 cm³/mol. The standard InChI is InChI=1S/C17H19BrN2O3/c1-3-8-23-13-6-4-11(5-7-13)17(21)20-16-14(18)9-12(19)10-15(16)22-2/h4-7,9-10H,3,8,19H2,1-2H3,(H,20,21). The summed E-state index contributed by atoms with van der Waals surface area (Å²) in [6.07, 6.45) is 0.938. The van der Waals surface area contributed by atoms with Gasteiger partial charge in [0.1, 0.15) is 11.5 Å². The van der Waals surface area contributed by atoms with Crippen LogP contribution in [0.25, 0.3) is 0 Å². The van der Waals surface area contributed by atoms with Gasteiger partial charge in [0.05, 0.1) is 19.4 Å². The lowest BCUT2D eigenvalue weighted by atomic mass is 10.2. The number of hydrogen-bond acceptors (Lipinski definition) is 4. The highest BCUT2D eigenvalue weighted by Gasteiger charge is 2.14. The largest absolute Gasteiger partial charge is 0.494 e. The van der Waals surface area contributed by atoms with Crippen molar-refractivity contribution in [1.82, 2.24) is 0 Å². The van der Waals surface area contributed by atoms with E-state index in [4.69, 9.17) is 15.2 Å². The molecule has 0 spiro atoms. The Morgan fingerprint density at radius 2 is 1.96 bits per heavy atom. The predicted octanol–water partition coefficient (Wildman–Crippen LogP) is 4.08. The molecule has 0 heterocycles. The van der Waals surface area contributed by atoms with E-state index in [2.05, 4.69) is 21.2 Å². The van der Waals surface area contributed by atoms with E-state index in [0.29, 0.717) is 33.8 Å². The summed E-state index contributed by atoms with van der Waals surface area (Å²) in [7, 11) is 1.52. The third-order valence-electron chi connectivity index (χ3n) is 3.12. The van der Waals surface area contributed by atoms with Crippen molar-refractivity contribution >= 4 is 33.2 Å². The Kier molecular flexibility index (Phi) is 5.87. The summed E-state index contributed by atoms with van der Waals surface area (Å²) in [5.41, 5.74) is 7.38. The van der Waals surface area contributed by atoms with Crippen LogP contribution in [0.5, 0.6) is 11.5 Å². The third kappa shape index (κ3) is 4.39. The van der Waals surface area contributed by atoms with Crippen molar-refractivity contribution in [2.45, 2.75) is 13.3 Å². The number of carbonyl (C=O) groups is 1. The lowest BCUT2D eigenvalue weighted by molar-refractivity contribution is 0.102. The molecule has 0 aromatic heterocycles. The first-order chi connectivity index (χ1) is 11.0. The van der Waals surface area contributed by atoms with Crippen LogP contribution in [0.2, 0.25) is 0 Å². The molecule has 0 saturated heterocycles. The highest BCUT2D eigenvalue weighted by molar-refractivity contribution is 9.10. The molecule has 6 heteroatoms. The van der Waals surface area contributed by atoms with Crippen molar-refractivity contribution in [1.29, 1.82) is 0 Å². The minimum Gasteiger partial charge on any atom is -0.494 e. The van der Waals surface area contributed by atoms with Crippen LogP contribution in [-0.2, 0) is 0 Å². The molecule has 23 heavy (non-hydrogen) atoms. The Bertz CT molecular complexity index is 687. The van der Waals surface area contributed by atoms with Gasteiger partial charge in [-0.3, -0.25) is 4.79 Å². The normalized spacial score (nSPS) is 10.2. The van der Waals surface area contributed by atoms with Crippen molar-refractivity contribution < 1.29 is 14.3 Å². The van der Waals surface area contributed by atoms with Crippen LogP contribution < -0.4 is 20.5 Å². The lowest BCUT2D eigenvalue weighted by Gasteiger charge is -2.13. The Labute approximate surface area is 143 Å². The Balaban J connectivity index is 2.16. The number of carbonyl (C=O) groups excluding carboxylic acids is 1. The SMILES string of the molecule is CCCOc1ccc(C(=O)Nc2c(Br)cc(N)cc2OC)cc1. The van der Waals surface area contributed by atoms with Gasteiger partial charge in [-0.1, -0.05) is 6.92 Å². The van der Waals surface area contributed by atoms with Crippen LogP contribution in [0.4, 0.5) is 11.4 Å². The number of anilines is 2. The fraction of sp³-hybridized carbons (Fsp3) is 0.235. The van der Waals surface area contributed by atoms with Gasteiger partial charge in [-0.25, -0.2) is 0 Å². The van der Waals surface area contributed by atoms with E-state index in [1.165, 1.54) is 7.11 Å². The van der Waals surface area contributed by atoms with Gasteiger partial charge >= 0.3 is 0 Å². The molecule has 5 nitrogen and oxygen atoms in total. The molecular weight excluding hydrogens is 360 g/mol. The molecule has 0 unspecified atom stereocenters. The number of rotatable bonds is 6. The zero-order valence-electron chi connectivity index (χ0n) is 13.1. The number of ether oxygens (including phenoxy) is 2. The molecule has 0 radical (unpaired) electrons. The van der Waals surface area contributed by atoms with Crippen molar-refractivity contribution in [3.8, 4) is 11.5 Å². The second-order valence-electron chi connectivity index (χ2n) is 4.91. The molecule has 2 aromatic carbocycles. The fourth-order valence-electron chi connectivity index (χ4n) is 1.99. The van der Waals surface area contributed by atoms with Crippen molar-refractivity contribution in [3.05, 3.63) is 46.4 Å². The van der Waals surface area contributed by atoms with Crippen molar-refractivity contribution in [3.63, 3.8) is 0 Å². The zero-order chi connectivity index (χ0) is 16.8. The average molecular weight is 379 g/mol. The van der Waals surface area contributed by atoms with Crippen LogP contribution in [0.15, 0.2) is 40.9 Å². The minimum absolute atomic E-state index is 0.240. The highest BCUT2D eigenvalue weighted by Crippen LogP contribution is 2.35. The molecule has 0 atom stereocenters. The monoisotopic (exact) mass is 378 g/mol. The Morgan fingerprint density at radius 1 is 1.26 bits per heavy atom. The molecule has 3 N–H and O–H groups in total. The number of amides is 1. The van der Waals surface area contributed by atoms with Gasteiger partial charge in [0.25, 0.3) is 5.91 Å². The molecule has 1 amide bonds. The first kappa shape index (κ1) is 17.1. The molecule has 122 valence electrons. The molecule has 2 aromatic rings. The number of hydrogen-bond donors (Lipinski definition) is 2. The summed E-state index contributed by atoms with van der Waals surface area (Å²) < 4.78 is 11.4. The van der Waals surface area contributed by atoms with Crippen molar-refractivity contribution in [2.24, 2.45) is 0 Å². The van der Waals surface area contributed by atoms with Gasteiger partial charge in [0.2, 0.25) is 0 Å². The second kappa shape index (κ2) is 7.87. The van der Waals surface area contributed by atoms with E-state index in [0.717, 1.165) is 12.2 Å². The lowest BCUT2D eigenvalue weighted by Crippen LogP contribution is -2.13. The van der Waals surface area contributed by atoms with Gasteiger partial charge in [0, 0.05) is 21.8 Å². The van der Waals surface area contributed by atoms with Gasteiger partial charge in [0.15, 0.2) is 0 Å². The first-order valence-electron chi connectivity index (χ1n) is 7.22. The van der Waals surface area contributed by atoms with Crippen LogP contribution in [0.3, 0.4) is 0 Å². The molecule has 0 aliphatic carbocycles. The fourth-order valence-corrected chi connectivity index (χ4v) is 2.55. The van der Waals surface area contributed by atoms with Crippen LogP contribution >= 0.6 is 15.9 Å². The number of nitrogens with two attached hydrogens (primary N) is 1. The first-order valence-corrected chi connectivity index (χ1v) is 8.01. The maximum absolute atomic E-state index is 12.4. The van der Waals surface area contributed by atoms with E-state index >= 15 is 0 Å². The zero-order valence-corrected chi connectivity index (χ0v) is 14.6. The van der Waals surface area contributed by atoms with Crippen LogP contribution in [0, 0.1) is 0 Å². The van der Waals surface area contributed by atoms with Gasteiger partial charge < -0.3 is 20.5 Å². The molecule has 0 aliphatic heterocycles. The highest BCUT2D eigenvalue weighted by atomic mass is 79.9. The van der Waals surface area contributed by atoms with Crippen LogP contribution in [-0.4, -0.2) is 19.6 Å². The van der Waals surface area contributed by atoms with Gasteiger partial charge in [-0.2, -0.15) is 0 Å². The third-order valence-corrected chi connectivity index (χ3v) is 3.75. The number of nitrogens with one attached hydrogen (secondary N) is 1. The topological polar surface area (TPSA) is 73.6 Å². The maximum atomic E-state index is 12.4. The van der Waals surface area contributed by atoms with E-state index in [9.17, 15) is 4.79 Å². The number of benzene rings is 2. The molecule has 0 aliphatic rings. The molecule has 2 rings (SSSR count). The van der Waals surface area contributed by atoms with E-state index in [1.807, 2.05) is 6.92 Å². The summed E-state index contributed by atoms with van der Waals surface area (Å²) in [5.74, 6) is 0.999. The number of methoxy groups -OCH3 is 1. The Hall–Kier alpha value is -2.21. The summed E-state index contributed by atoms with van der Waals surface area (Å²) in [4.78, 5) is 12.4. The van der Waals surface area contributed by atoms with E-state index in [-0.39, 0.29) is 5.91 Å². The van der Waals surface area contributed by atoms with Gasteiger partial charge in [-0.05, 0) is 52.7 Å². The summed E-state index contributed by atoms with van der Waals surface area (Å²) in [6.45, 7) is 2.70. The molecule has 0 fully saturated rings. The van der Waals surface area contributed by atoms with Crippen LogP contribution in [0.1, 0.15) is 23.7 Å². The molecular formula is C17H19BrN2O3. The molecule has 0 bridgehead atoms. The van der Waals surface area contributed by atoms with Crippen molar-refractivity contribution in [2.75, 3.05) is 24.8 Å².